The van der Waals surface area contributed by atoms with Crippen molar-refractivity contribution >= 4 is 54.1 Å². The Morgan fingerprint density at radius 3 is 2.17 bits per heavy atom. The van der Waals surface area contributed by atoms with Gasteiger partial charge >= 0.3 is 0 Å². The van der Waals surface area contributed by atoms with Crippen LogP contribution in [-0.4, -0.2) is 14.5 Å². The predicted octanol–water partition coefficient (Wildman–Crippen LogP) is 11.6. The summed E-state index contributed by atoms with van der Waals surface area (Å²) in [6, 6.07) is 49.9. The lowest BCUT2D eigenvalue weighted by atomic mass is 9.81. The zero-order valence-corrected chi connectivity index (χ0v) is 26.8. The zero-order chi connectivity index (χ0) is 31.3. The molecule has 1 aliphatic carbocycles. The molecule has 222 valence electrons. The van der Waals surface area contributed by atoms with Crippen LogP contribution < -0.4 is 0 Å². The van der Waals surface area contributed by atoms with Crippen molar-refractivity contribution in [2.75, 3.05) is 0 Å². The molecule has 0 bridgehead atoms. The van der Waals surface area contributed by atoms with E-state index in [9.17, 15) is 0 Å². The Balaban J connectivity index is 1.29. The molecule has 0 fully saturated rings. The molecule has 47 heavy (non-hydrogen) atoms. The lowest BCUT2D eigenvalue weighted by Gasteiger charge is -2.21. The topological polar surface area (TPSA) is 30.7 Å². The van der Waals surface area contributed by atoms with Crippen molar-refractivity contribution in [1.82, 2.24) is 14.5 Å². The molecule has 0 amide bonds. The normalized spacial score (nSPS) is 13.5. The fourth-order valence-corrected chi connectivity index (χ4v) is 9.38. The van der Waals surface area contributed by atoms with E-state index in [-0.39, 0.29) is 5.41 Å². The first kappa shape index (κ1) is 26.6. The van der Waals surface area contributed by atoms with Gasteiger partial charge in [-0.15, -0.1) is 11.3 Å². The lowest BCUT2D eigenvalue weighted by molar-refractivity contribution is 0.667. The summed E-state index contributed by atoms with van der Waals surface area (Å²) in [6.45, 7) is 4.73. The van der Waals surface area contributed by atoms with Crippen LogP contribution in [0.25, 0.3) is 81.6 Å². The molecule has 6 aromatic carbocycles. The molecular weight excluding hydrogens is 591 g/mol. The van der Waals surface area contributed by atoms with Gasteiger partial charge in [0.15, 0.2) is 0 Å². The van der Waals surface area contributed by atoms with Gasteiger partial charge in [0.05, 0.1) is 26.9 Å². The van der Waals surface area contributed by atoms with Crippen LogP contribution in [0.5, 0.6) is 0 Å². The second-order valence-electron chi connectivity index (χ2n) is 13.0. The minimum absolute atomic E-state index is 0.0783. The van der Waals surface area contributed by atoms with Crippen molar-refractivity contribution in [3.05, 3.63) is 151 Å². The average Bonchev–Trinajstić information content (AvgIpc) is 3.75. The van der Waals surface area contributed by atoms with Gasteiger partial charge in [-0.2, -0.15) is 0 Å². The number of hydrogen-bond acceptors (Lipinski definition) is 3. The first-order chi connectivity index (χ1) is 23.1. The van der Waals surface area contributed by atoms with E-state index in [1.807, 2.05) is 11.3 Å². The number of para-hydroxylation sites is 2. The molecule has 4 heteroatoms. The minimum Gasteiger partial charge on any atom is -0.276 e. The molecule has 3 nitrogen and oxygen atoms in total. The number of benzene rings is 6. The zero-order valence-electron chi connectivity index (χ0n) is 26.0. The summed E-state index contributed by atoms with van der Waals surface area (Å²) in [4.78, 5) is 12.1. The van der Waals surface area contributed by atoms with Gasteiger partial charge in [0.25, 0.3) is 0 Å². The average molecular weight is 620 g/mol. The van der Waals surface area contributed by atoms with Gasteiger partial charge in [0.1, 0.15) is 0 Å². The molecule has 0 saturated carbocycles. The standard InChI is InChI=1S/C43H29N3S/c1-43(2)34-20-9-6-18-31(34)40-37(43)33-24-23-30-29-17-8-11-22-36(29)46(39(30)41(33)47-40)42-44-35-21-10-7-19-32(35)38(45-42)28-16-12-15-27(25-28)26-13-4-3-5-14-26/h3-25H,1-2H3. The fraction of sp³-hybridized carbons (Fsp3) is 0.0698. The Kier molecular flexibility index (Phi) is 5.50. The number of hydrogen-bond donors (Lipinski definition) is 0. The first-order valence-corrected chi connectivity index (χ1v) is 16.9. The number of rotatable bonds is 3. The molecule has 3 heterocycles. The molecule has 0 N–H and O–H groups in total. The quantitative estimate of drug-likeness (QED) is 0.197. The Hall–Kier alpha value is -5.58. The van der Waals surface area contributed by atoms with Gasteiger partial charge in [-0.25, -0.2) is 9.97 Å². The van der Waals surface area contributed by atoms with Crippen LogP contribution in [0.4, 0.5) is 0 Å². The molecule has 0 spiro atoms. The third-order valence-electron chi connectivity index (χ3n) is 10.00. The highest BCUT2D eigenvalue weighted by Gasteiger charge is 2.39. The van der Waals surface area contributed by atoms with Crippen molar-refractivity contribution in [3.63, 3.8) is 0 Å². The highest BCUT2D eigenvalue weighted by Crippen LogP contribution is 2.56. The van der Waals surface area contributed by atoms with E-state index in [2.05, 4.69) is 158 Å². The van der Waals surface area contributed by atoms with Gasteiger partial charge in [0.2, 0.25) is 5.95 Å². The third kappa shape index (κ3) is 3.73. The van der Waals surface area contributed by atoms with Crippen LogP contribution in [0.1, 0.15) is 25.0 Å². The molecule has 0 radical (unpaired) electrons. The molecule has 10 rings (SSSR count). The Bertz CT molecular complexity index is 2710. The Morgan fingerprint density at radius 1 is 0.574 bits per heavy atom. The maximum Gasteiger partial charge on any atom is 0.235 e. The first-order valence-electron chi connectivity index (χ1n) is 16.1. The van der Waals surface area contributed by atoms with Crippen molar-refractivity contribution in [3.8, 4) is 38.8 Å². The second-order valence-corrected chi connectivity index (χ2v) is 14.0. The summed E-state index contributed by atoms with van der Waals surface area (Å²) in [5, 5.41) is 4.80. The monoisotopic (exact) mass is 619 g/mol. The van der Waals surface area contributed by atoms with Crippen LogP contribution in [0, 0.1) is 0 Å². The van der Waals surface area contributed by atoms with Crippen LogP contribution >= 0.6 is 11.3 Å². The molecule has 0 saturated heterocycles. The van der Waals surface area contributed by atoms with Crippen LogP contribution in [0.2, 0.25) is 0 Å². The maximum absolute atomic E-state index is 5.44. The predicted molar refractivity (Wildman–Crippen MR) is 198 cm³/mol. The number of thiophene rings is 1. The maximum atomic E-state index is 5.44. The minimum atomic E-state index is -0.0783. The van der Waals surface area contributed by atoms with E-state index in [0.29, 0.717) is 5.95 Å². The third-order valence-corrected chi connectivity index (χ3v) is 11.2. The summed E-state index contributed by atoms with van der Waals surface area (Å²) in [5.41, 5.74) is 11.7. The lowest BCUT2D eigenvalue weighted by Crippen LogP contribution is -2.14. The van der Waals surface area contributed by atoms with Crippen LogP contribution in [0.15, 0.2) is 140 Å². The van der Waals surface area contributed by atoms with Crippen LogP contribution in [-0.2, 0) is 5.41 Å². The highest BCUT2D eigenvalue weighted by atomic mass is 32.1. The van der Waals surface area contributed by atoms with E-state index in [4.69, 9.17) is 9.97 Å². The van der Waals surface area contributed by atoms with Gasteiger partial charge < -0.3 is 0 Å². The van der Waals surface area contributed by atoms with E-state index >= 15 is 0 Å². The summed E-state index contributed by atoms with van der Waals surface area (Å²) in [6.07, 6.45) is 0. The SMILES string of the molecule is CC1(C)c2ccccc2-c2sc3c(ccc4c5ccccc5n(-c5nc(-c6cccc(-c7ccccc7)c6)c6ccccc6n5)c43)c21. The van der Waals surface area contributed by atoms with Gasteiger partial charge in [-0.3, -0.25) is 4.57 Å². The summed E-state index contributed by atoms with van der Waals surface area (Å²) >= 11 is 1.91. The van der Waals surface area contributed by atoms with Crippen molar-refractivity contribution in [1.29, 1.82) is 0 Å². The Labute approximate surface area is 276 Å². The molecule has 0 unspecified atom stereocenters. The molecular formula is C43H29N3S. The fourth-order valence-electron chi connectivity index (χ4n) is 7.84. The second kappa shape index (κ2) is 9.71. The summed E-state index contributed by atoms with van der Waals surface area (Å²) in [5.74, 6) is 0.690. The molecule has 0 atom stereocenters. The van der Waals surface area contributed by atoms with E-state index in [0.717, 1.165) is 27.7 Å². The van der Waals surface area contributed by atoms with E-state index < -0.39 is 0 Å². The van der Waals surface area contributed by atoms with Gasteiger partial charge in [-0.05, 0) is 51.4 Å². The van der Waals surface area contributed by atoms with Gasteiger partial charge in [-0.1, -0.05) is 135 Å². The van der Waals surface area contributed by atoms with Gasteiger partial charge in [0, 0.05) is 32.0 Å². The summed E-state index contributed by atoms with van der Waals surface area (Å²) < 4.78 is 3.60. The van der Waals surface area contributed by atoms with Crippen molar-refractivity contribution < 1.29 is 0 Å². The number of fused-ring (bicyclic) bond motifs is 10. The highest BCUT2D eigenvalue weighted by molar-refractivity contribution is 7.23. The summed E-state index contributed by atoms with van der Waals surface area (Å²) in [7, 11) is 0. The smallest absolute Gasteiger partial charge is 0.235 e. The van der Waals surface area contributed by atoms with Crippen LogP contribution in [0.3, 0.4) is 0 Å². The number of aromatic nitrogens is 3. The molecule has 0 aliphatic heterocycles. The van der Waals surface area contributed by atoms with Crippen molar-refractivity contribution in [2.45, 2.75) is 19.3 Å². The molecule has 1 aliphatic rings. The van der Waals surface area contributed by atoms with Crippen molar-refractivity contribution in [2.24, 2.45) is 0 Å². The Morgan fingerprint density at radius 2 is 1.28 bits per heavy atom. The number of nitrogens with zero attached hydrogens (tertiary/aromatic N) is 3. The van der Waals surface area contributed by atoms with E-state index in [1.165, 1.54) is 59.1 Å². The largest absolute Gasteiger partial charge is 0.276 e. The molecule has 9 aromatic rings. The molecule has 3 aromatic heterocycles. The van der Waals surface area contributed by atoms with E-state index in [1.54, 1.807) is 0 Å².